The molecule has 24 heavy (non-hydrogen) atoms. The van der Waals surface area contributed by atoms with Crippen LogP contribution < -0.4 is 0 Å². The van der Waals surface area contributed by atoms with Crippen molar-refractivity contribution < 1.29 is 28.5 Å². The van der Waals surface area contributed by atoms with Gasteiger partial charge in [-0.05, 0) is 13.8 Å². The standard InChI is InChI=1S/C18H20O6/c1-7-5-9-12-10(22-15(9)19)6-17(3)13(12)18(7)14(24-17)11(8(2)23-18)16(20)21-4/h5,7,10,12-14H,6H2,1-4H3/t7-,10-,12-,13-,14+,17+,18?/m0/s1. The number of allylic oxidation sites excluding steroid dienone is 1. The van der Waals surface area contributed by atoms with Crippen LogP contribution in [0.25, 0.3) is 0 Å². The Morgan fingerprint density at radius 2 is 2.17 bits per heavy atom. The van der Waals surface area contributed by atoms with Gasteiger partial charge in [0.25, 0.3) is 0 Å². The summed E-state index contributed by atoms with van der Waals surface area (Å²) in [5.74, 6) is -0.163. The maximum atomic E-state index is 12.3. The SMILES string of the molecule is COC(=O)C1=C(C)OC23[C@@H]1O[C@]1(C)C[C@@H]4OC(=O)C(=C[C@@H]2C)[C@@H]4[C@H]31. The molecule has 2 aliphatic carbocycles. The Bertz CT molecular complexity index is 751. The first-order chi connectivity index (χ1) is 11.3. The second-order valence-corrected chi connectivity index (χ2v) is 7.79. The van der Waals surface area contributed by atoms with E-state index in [-0.39, 0.29) is 29.8 Å². The molecule has 7 atom stereocenters. The minimum absolute atomic E-state index is 0.0152. The van der Waals surface area contributed by atoms with Gasteiger partial charge in [0, 0.05) is 29.7 Å². The number of methoxy groups -OCH3 is 1. The smallest absolute Gasteiger partial charge is 0.339 e. The molecule has 0 N–H and O–H groups in total. The summed E-state index contributed by atoms with van der Waals surface area (Å²) in [6.07, 6.45) is 1.97. The molecule has 6 nitrogen and oxygen atoms in total. The lowest BCUT2D eigenvalue weighted by atomic mass is 9.62. The molecule has 3 aliphatic heterocycles. The molecule has 0 radical (unpaired) electrons. The summed E-state index contributed by atoms with van der Waals surface area (Å²) in [5.41, 5.74) is 0.0794. The zero-order valence-corrected chi connectivity index (χ0v) is 14.1. The van der Waals surface area contributed by atoms with Crippen molar-refractivity contribution in [3.63, 3.8) is 0 Å². The van der Waals surface area contributed by atoms with Crippen molar-refractivity contribution >= 4 is 11.9 Å². The fourth-order valence-electron chi connectivity index (χ4n) is 5.95. The summed E-state index contributed by atoms with van der Waals surface area (Å²) < 4.78 is 23.4. The highest BCUT2D eigenvalue weighted by molar-refractivity contribution is 5.94. The molecule has 5 rings (SSSR count). The number of carbonyl (C=O) groups excluding carboxylic acids is 2. The molecule has 0 bridgehead atoms. The molecule has 0 aromatic rings. The third kappa shape index (κ3) is 1.31. The van der Waals surface area contributed by atoms with Gasteiger partial charge in [-0.1, -0.05) is 13.0 Å². The number of esters is 2. The molecule has 0 aromatic carbocycles. The first-order valence-corrected chi connectivity index (χ1v) is 8.42. The van der Waals surface area contributed by atoms with Crippen LogP contribution in [-0.2, 0) is 28.5 Å². The predicted molar refractivity (Wildman–Crippen MR) is 80.5 cm³/mol. The lowest BCUT2D eigenvalue weighted by molar-refractivity contribution is -0.141. The quantitative estimate of drug-likeness (QED) is 0.678. The van der Waals surface area contributed by atoms with Gasteiger partial charge in [0.05, 0.1) is 12.7 Å². The summed E-state index contributed by atoms with van der Waals surface area (Å²) in [6.45, 7) is 5.86. The van der Waals surface area contributed by atoms with E-state index in [9.17, 15) is 9.59 Å². The molecule has 128 valence electrons. The van der Waals surface area contributed by atoms with Crippen molar-refractivity contribution in [1.82, 2.24) is 0 Å². The van der Waals surface area contributed by atoms with Gasteiger partial charge in [0.15, 0.2) is 5.60 Å². The first kappa shape index (κ1) is 14.5. The molecule has 0 aromatic heterocycles. The van der Waals surface area contributed by atoms with E-state index in [1.165, 1.54) is 7.11 Å². The molecule has 2 saturated heterocycles. The van der Waals surface area contributed by atoms with Crippen molar-refractivity contribution in [2.75, 3.05) is 7.11 Å². The Balaban J connectivity index is 1.70. The van der Waals surface area contributed by atoms with Gasteiger partial charge < -0.3 is 18.9 Å². The van der Waals surface area contributed by atoms with Crippen molar-refractivity contribution in [3.05, 3.63) is 23.0 Å². The molecule has 6 heteroatoms. The minimum atomic E-state index is -0.667. The van der Waals surface area contributed by atoms with Gasteiger partial charge in [0.1, 0.15) is 23.5 Å². The molecular weight excluding hydrogens is 312 g/mol. The van der Waals surface area contributed by atoms with Gasteiger partial charge >= 0.3 is 11.9 Å². The molecule has 3 heterocycles. The highest BCUT2D eigenvalue weighted by Gasteiger charge is 2.78. The Labute approximate surface area is 139 Å². The zero-order valence-electron chi connectivity index (χ0n) is 14.1. The fourth-order valence-corrected chi connectivity index (χ4v) is 5.95. The van der Waals surface area contributed by atoms with Crippen LogP contribution in [0.15, 0.2) is 23.0 Å². The summed E-state index contributed by atoms with van der Waals surface area (Å²) in [6, 6.07) is 0. The Kier molecular flexibility index (Phi) is 2.45. The van der Waals surface area contributed by atoms with E-state index >= 15 is 0 Å². The molecule has 0 amide bonds. The van der Waals surface area contributed by atoms with Crippen molar-refractivity contribution in [2.24, 2.45) is 17.8 Å². The highest BCUT2D eigenvalue weighted by atomic mass is 16.6. The third-order valence-corrected chi connectivity index (χ3v) is 6.68. The second kappa shape index (κ2) is 4.04. The largest absolute Gasteiger partial charge is 0.487 e. The first-order valence-electron chi connectivity index (χ1n) is 8.42. The highest BCUT2D eigenvalue weighted by Crippen LogP contribution is 2.68. The molecule has 3 fully saturated rings. The van der Waals surface area contributed by atoms with Crippen LogP contribution in [0.5, 0.6) is 0 Å². The zero-order chi connectivity index (χ0) is 17.0. The average Bonchev–Trinajstić information content (AvgIpc) is 3.12. The topological polar surface area (TPSA) is 71.1 Å². The number of rotatable bonds is 1. The molecule has 1 unspecified atom stereocenters. The molecule has 5 aliphatic rings. The van der Waals surface area contributed by atoms with E-state index in [0.717, 1.165) is 5.57 Å². The van der Waals surface area contributed by atoms with Crippen molar-refractivity contribution in [1.29, 1.82) is 0 Å². The second-order valence-electron chi connectivity index (χ2n) is 7.79. The van der Waals surface area contributed by atoms with Crippen LogP contribution in [0.2, 0.25) is 0 Å². The fraction of sp³-hybridized carbons (Fsp3) is 0.667. The predicted octanol–water partition coefficient (Wildman–Crippen LogP) is 1.50. The van der Waals surface area contributed by atoms with E-state index in [1.54, 1.807) is 6.92 Å². The molecule has 1 saturated carbocycles. The van der Waals surface area contributed by atoms with E-state index in [0.29, 0.717) is 17.8 Å². The summed E-state index contributed by atoms with van der Waals surface area (Å²) in [4.78, 5) is 24.5. The summed E-state index contributed by atoms with van der Waals surface area (Å²) in [7, 11) is 1.37. The number of hydrogen-bond donors (Lipinski definition) is 0. The number of hydrogen-bond acceptors (Lipinski definition) is 6. The monoisotopic (exact) mass is 332 g/mol. The maximum Gasteiger partial charge on any atom is 0.339 e. The Morgan fingerprint density at radius 3 is 2.88 bits per heavy atom. The van der Waals surface area contributed by atoms with Crippen LogP contribution in [0.3, 0.4) is 0 Å². The van der Waals surface area contributed by atoms with Crippen LogP contribution in [0.4, 0.5) is 0 Å². The van der Waals surface area contributed by atoms with Gasteiger partial charge in [-0.2, -0.15) is 0 Å². The van der Waals surface area contributed by atoms with Gasteiger partial charge in [0.2, 0.25) is 0 Å². The van der Waals surface area contributed by atoms with Gasteiger partial charge in [-0.15, -0.1) is 0 Å². The number of carbonyl (C=O) groups is 2. The van der Waals surface area contributed by atoms with Gasteiger partial charge in [-0.25, -0.2) is 9.59 Å². The van der Waals surface area contributed by atoms with E-state index < -0.39 is 23.3 Å². The minimum Gasteiger partial charge on any atom is -0.487 e. The summed E-state index contributed by atoms with van der Waals surface area (Å²) >= 11 is 0. The van der Waals surface area contributed by atoms with Crippen molar-refractivity contribution in [2.45, 2.75) is 50.6 Å². The van der Waals surface area contributed by atoms with Crippen LogP contribution in [-0.4, -0.2) is 42.5 Å². The Hall–Kier alpha value is -1.82. The van der Waals surface area contributed by atoms with Crippen LogP contribution >= 0.6 is 0 Å². The lowest BCUT2D eigenvalue weighted by Gasteiger charge is -2.44. The third-order valence-electron chi connectivity index (χ3n) is 6.68. The van der Waals surface area contributed by atoms with Gasteiger partial charge in [-0.3, -0.25) is 0 Å². The van der Waals surface area contributed by atoms with Crippen LogP contribution in [0.1, 0.15) is 27.2 Å². The maximum absolute atomic E-state index is 12.3. The molecule has 1 spiro atoms. The Morgan fingerprint density at radius 1 is 1.42 bits per heavy atom. The lowest BCUT2D eigenvalue weighted by Crippen LogP contribution is -2.54. The summed E-state index contributed by atoms with van der Waals surface area (Å²) in [5, 5.41) is 0. The van der Waals surface area contributed by atoms with Crippen LogP contribution in [0, 0.1) is 17.8 Å². The van der Waals surface area contributed by atoms with E-state index in [2.05, 4.69) is 0 Å². The van der Waals surface area contributed by atoms with E-state index in [4.69, 9.17) is 18.9 Å². The van der Waals surface area contributed by atoms with Crippen molar-refractivity contribution in [3.8, 4) is 0 Å². The van der Waals surface area contributed by atoms with E-state index in [1.807, 2.05) is 19.9 Å². The number of ether oxygens (including phenoxy) is 4. The molecular formula is C18H20O6. The average molecular weight is 332 g/mol. The normalized spacial score (nSPS) is 50.2.